The van der Waals surface area contributed by atoms with E-state index in [1.165, 1.54) is 103 Å². The van der Waals surface area contributed by atoms with Crippen LogP contribution in [-0.2, 0) is 52.4 Å². The van der Waals surface area contributed by atoms with Gasteiger partial charge in [-0.15, -0.1) is 0 Å². The minimum atomic E-state index is -0.457. The minimum Gasteiger partial charge on any atom is -0.498 e. The number of hydrogen-bond donors (Lipinski definition) is 0. The lowest BCUT2D eigenvalue weighted by Gasteiger charge is -2.23. The van der Waals surface area contributed by atoms with Crippen LogP contribution in [-0.4, -0.2) is 95.4 Å². The van der Waals surface area contributed by atoms with Gasteiger partial charge in [-0.2, -0.15) is 0 Å². The van der Waals surface area contributed by atoms with Crippen molar-refractivity contribution in [1.82, 2.24) is 4.81 Å². The molecule has 0 heterocycles. The molecular weight excluding hydrogens is 837 g/mol. The number of carbonyl (C=O) groups is 5. The largest absolute Gasteiger partial charge is 0.498 e. The van der Waals surface area contributed by atoms with Gasteiger partial charge in [0.05, 0.1) is 24.2 Å². The lowest BCUT2D eigenvalue weighted by Crippen LogP contribution is -2.27. The maximum Gasteiger partial charge on any atom is 0.305 e. The van der Waals surface area contributed by atoms with E-state index >= 15 is 0 Å². The molecule has 374 valence electrons. The van der Waals surface area contributed by atoms with Crippen molar-refractivity contribution in [2.45, 2.75) is 205 Å². The SMILES string of the molecule is [B]N(CCCC(=O)OCC(COC(=C)CCC1CCCCC1)COC(=O)CCC1CCCCC1)CCCC(=O)OCC(COC(=O)CCC1CCCCC1)COC(=O)CCC1CCCCC1. The van der Waals surface area contributed by atoms with Crippen LogP contribution < -0.4 is 0 Å². The van der Waals surface area contributed by atoms with E-state index in [4.69, 9.17) is 36.4 Å². The van der Waals surface area contributed by atoms with Crippen molar-refractivity contribution in [3.05, 3.63) is 12.3 Å². The zero-order chi connectivity index (χ0) is 47.0. The third kappa shape index (κ3) is 26.5. The van der Waals surface area contributed by atoms with Gasteiger partial charge in [-0.3, -0.25) is 24.0 Å². The summed E-state index contributed by atoms with van der Waals surface area (Å²) in [6, 6.07) is 0. The molecule has 4 rings (SSSR count). The summed E-state index contributed by atoms with van der Waals surface area (Å²) in [4.78, 5) is 65.0. The zero-order valence-corrected chi connectivity index (χ0v) is 41.0. The molecule has 4 fully saturated rings. The summed E-state index contributed by atoms with van der Waals surface area (Å²) in [5.74, 6) is 0.871. The highest BCUT2D eigenvalue weighted by molar-refractivity contribution is 6.04. The number of esters is 5. The zero-order valence-electron chi connectivity index (χ0n) is 41.0. The van der Waals surface area contributed by atoms with E-state index in [1.807, 2.05) is 0 Å². The van der Waals surface area contributed by atoms with Gasteiger partial charge in [0, 0.05) is 38.5 Å². The molecule has 0 amide bonds. The van der Waals surface area contributed by atoms with Gasteiger partial charge in [-0.05, 0) is 75.3 Å². The molecule has 0 aliphatic heterocycles. The lowest BCUT2D eigenvalue weighted by molar-refractivity contribution is -0.154. The van der Waals surface area contributed by atoms with Gasteiger partial charge in [0.25, 0.3) is 0 Å². The molecule has 0 spiro atoms. The first-order valence-electron chi connectivity index (χ1n) is 26.7. The third-order valence-corrected chi connectivity index (χ3v) is 14.6. The van der Waals surface area contributed by atoms with Crippen molar-refractivity contribution < 1.29 is 52.4 Å². The fourth-order valence-electron chi connectivity index (χ4n) is 10.2. The molecule has 66 heavy (non-hydrogen) atoms. The van der Waals surface area contributed by atoms with Crippen LogP contribution in [0.1, 0.15) is 205 Å². The summed E-state index contributed by atoms with van der Waals surface area (Å²) in [6.07, 6.45) is 31.3. The first kappa shape index (κ1) is 55.5. The Hall–Kier alpha value is -3.09. The van der Waals surface area contributed by atoms with Crippen molar-refractivity contribution >= 4 is 37.8 Å². The van der Waals surface area contributed by atoms with Crippen LogP contribution in [0.25, 0.3) is 0 Å². The summed E-state index contributed by atoms with van der Waals surface area (Å²) >= 11 is 0. The molecule has 0 aromatic carbocycles. The van der Waals surface area contributed by atoms with Gasteiger partial charge in [-0.25, -0.2) is 0 Å². The molecular formula is C53H88BNO11. The Morgan fingerprint density at radius 1 is 0.394 bits per heavy atom. The van der Waals surface area contributed by atoms with Crippen LogP contribution in [0.15, 0.2) is 12.3 Å². The Morgan fingerprint density at radius 2 is 0.652 bits per heavy atom. The molecule has 4 aliphatic rings. The molecule has 12 nitrogen and oxygen atoms in total. The summed E-state index contributed by atoms with van der Waals surface area (Å²) in [6.45, 7) is 5.44. The molecule has 1 unspecified atom stereocenters. The van der Waals surface area contributed by atoms with Crippen molar-refractivity contribution in [3.8, 4) is 0 Å². The van der Waals surface area contributed by atoms with Crippen LogP contribution >= 0.6 is 0 Å². The Kier molecular flexibility index (Phi) is 28.8. The van der Waals surface area contributed by atoms with Gasteiger partial charge in [0.2, 0.25) is 0 Å². The molecule has 2 radical (unpaired) electrons. The maximum atomic E-state index is 12.8. The van der Waals surface area contributed by atoms with Crippen LogP contribution in [0.3, 0.4) is 0 Å². The van der Waals surface area contributed by atoms with Gasteiger partial charge < -0.3 is 33.2 Å². The maximum absolute atomic E-state index is 12.8. The Bertz CT molecular complexity index is 1210. The van der Waals surface area contributed by atoms with Crippen molar-refractivity contribution in [1.29, 1.82) is 0 Å². The highest BCUT2D eigenvalue weighted by atomic mass is 16.6. The number of carbonyl (C=O) groups excluding carboxylic acids is 5. The molecule has 0 aromatic heterocycles. The van der Waals surface area contributed by atoms with E-state index in [0.717, 1.165) is 69.5 Å². The third-order valence-electron chi connectivity index (χ3n) is 14.6. The van der Waals surface area contributed by atoms with Crippen molar-refractivity contribution in [2.24, 2.45) is 35.5 Å². The van der Waals surface area contributed by atoms with E-state index in [2.05, 4.69) is 6.58 Å². The first-order chi connectivity index (χ1) is 32.1. The standard InChI is InChI=1S/C53H88BNO11/c1-42(26-27-43-16-6-2-7-17-43)61-36-47(38-64-51(58)31-28-44-18-8-3-9-19-44)37-62-49(56)24-14-34-55(54)35-15-25-50(57)63-39-48(40-65-52(59)32-29-45-20-10-4-11-21-45)41-66-53(60)33-30-46-22-12-5-13-23-46/h43-48H,1-41H2. The van der Waals surface area contributed by atoms with Crippen LogP contribution in [0.4, 0.5) is 0 Å². The van der Waals surface area contributed by atoms with Gasteiger partial charge in [0.1, 0.15) is 33.0 Å². The van der Waals surface area contributed by atoms with Crippen LogP contribution in [0, 0.1) is 35.5 Å². The molecule has 4 saturated carbocycles. The predicted octanol–water partition coefficient (Wildman–Crippen LogP) is 10.9. The monoisotopic (exact) mass is 926 g/mol. The normalized spacial score (nSPS) is 18.4. The summed E-state index contributed by atoms with van der Waals surface area (Å²) < 4.78 is 34.1. The number of nitrogens with zero attached hydrogens (tertiary/aromatic N) is 1. The van der Waals surface area contributed by atoms with E-state index < -0.39 is 11.9 Å². The van der Waals surface area contributed by atoms with Crippen LogP contribution in [0.2, 0.25) is 0 Å². The molecule has 13 heteroatoms. The van der Waals surface area contributed by atoms with E-state index in [1.54, 1.807) is 4.81 Å². The Balaban J connectivity index is 1.10. The van der Waals surface area contributed by atoms with Crippen molar-refractivity contribution in [2.75, 3.05) is 52.7 Å². The fourth-order valence-corrected chi connectivity index (χ4v) is 10.2. The summed E-state index contributed by atoms with van der Waals surface area (Å²) in [5.41, 5.74) is 0. The highest BCUT2D eigenvalue weighted by Crippen LogP contribution is 2.31. The second-order valence-corrected chi connectivity index (χ2v) is 20.4. The van der Waals surface area contributed by atoms with Gasteiger partial charge in [0.15, 0.2) is 7.98 Å². The predicted molar refractivity (Wildman–Crippen MR) is 256 cm³/mol. The Morgan fingerprint density at radius 3 is 0.955 bits per heavy atom. The smallest absolute Gasteiger partial charge is 0.305 e. The number of allylic oxidation sites excluding steroid dienone is 1. The molecule has 4 aliphatic carbocycles. The molecule has 0 saturated heterocycles. The minimum absolute atomic E-state index is 0.0179. The van der Waals surface area contributed by atoms with Gasteiger partial charge >= 0.3 is 29.8 Å². The average Bonchev–Trinajstić information content (AvgIpc) is 3.34. The molecule has 0 aromatic rings. The van der Waals surface area contributed by atoms with Crippen molar-refractivity contribution in [3.63, 3.8) is 0 Å². The quantitative estimate of drug-likeness (QED) is 0.0267. The fraction of sp³-hybridized carbons (Fsp3) is 0.868. The molecule has 1 atom stereocenters. The molecule has 0 bridgehead atoms. The number of ether oxygens (including phenoxy) is 6. The van der Waals surface area contributed by atoms with E-state index in [-0.39, 0.29) is 82.3 Å². The van der Waals surface area contributed by atoms with Gasteiger partial charge in [-0.1, -0.05) is 135 Å². The summed E-state index contributed by atoms with van der Waals surface area (Å²) in [7, 11) is 6.21. The average molecular weight is 926 g/mol. The topological polar surface area (TPSA) is 144 Å². The first-order valence-corrected chi connectivity index (χ1v) is 26.7. The van der Waals surface area contributed by atoms with E-state index in [9.17, 15) is 24.0 Å². The summed E-state index contributed by atoms with van der Waals surface area (Å²) in [5, 5.41) is 0. The van der Waals surface area contributed by atoms with E-state index in [0.29, 0.717) is 62.9 Å². The number of hydrogen-bond acceptors (Lipinski definition) is 12. The van der Waals surface area contributed by atoms with Crippen LogP contribution in [0.5, 0.6) is 0 Å². The second kappa shape index (κ2) is 34.2. The Labute approximate surface area is 399 Å². The number of rotatable bonds is 33. The second-order valence-electron chi connectivity index (χ2n) is 20.4. The lowest BCUT2D eigenvalue weighted by atomic mass is 9.86. The molecule has 0 N–H and O–H groups in total. The highest BCUT2D eigenvalue weighted by Gasteiger charge is 2.23.